The first-order valence-electron chi connectivity index (χ1n) is 7.12. The summed E-state index contributed by atoms with van der Waals surface area (Å²) in [4.78, 5) is 23.5. The highest BCUT2D eigenvalue weighted by atomic mass is 16.4. The van der Waals surface area contributed by atoms with Gasteiger partial charge in [0.2, 0.25) is 5.91 Å². The van der Waals surface area contributed by atoms with Gasteiger partial charge >= 0.3 is 5.97 Å². The van der Waals surface area contributed by atoms with Crippen molar-refractivity contribution in [3.8, 4) is 0 Å². The number of benzene rings is 1. The summed E-state index contributed by atoms with van der Waals surface area (Å²) in [5.41, 5.74) is 2.39. The average Bonchev–Trinajstić information content (AvgIpc) is 2.87. The van der Waals surface area contributed by atoms with E-state index in [1.807, 2.05) is 38.1 Å². The molecular weight excluding hydrogens is 254 g/mol. The Bertz CT molecular complexity index is 487. The third-order valence-corrected chi connectivity index (χ3v) is 4.20. The van der Waals surface area contributed by atoms with E-state index in [9.17, 15) is 14.7 Å². The summed E-state index contributed by atoms with van der Waals surface area (Å²) in [5.74, 6) is -1.31. The summed E-state index contributed by atoms with van der Waals surface area (Å²) in [6.07, 6.45) is 2.13. The molecule has 4 heteroatoms. The number of aliphatic carboxylic acids is 1. The van der Waals surface area contributed by atoms with Crippen molar-refractivity contribution in [3.63, 3.8) is 0 Å². The average molecular weight is 275 g/mol. The number of carboxylic acids is 1. The third-order valence-electron chi connectivity index (χ3n) is 4.20. The zero-order valence-corrected chi connectivity index (χ0v) is 11.9. The predicted octanol–water partition coefficient (Wildman–Crippen LogP) is 2.02. The van der Waals surface area contributed by atoms with E-state index in [0.29, 0.717) is 12.8 Å². The number of amides is 1. The van der Waals surface area contributed by atoms with Crippen LogP contribution in [-0.2, 0) is 22.4 Å². The van der Waals surface area contributed by atoms with E-state index in [0.717, 1.165) is 6.42 Å². The van der Waals surface area contributed by atoms with Crippen LogP contribution >= 0.6 is 0 Å². The number of fused-ring (bicyclic) bond motifs is 1. The molecule has 2 N–H and O–H groups in total. The fourth-order valence-electron chi connectivity index (χ4n) is 2.70. The summed E-state index contributed by atoms with van der Waals surface area (Å²) in [5, 5.41) is 11.9. The summed E-state index contributed by atoms with van der Waals surface area (Å²) in [6.45, 7) is 3.78. The summed E-state index contributed by atoms with van der Waals surface area (Å²) in [6, 6.07) is 7.21. The van der Waals surface area contributed by atoms with Crippen LogP contribution in [0, 0.1) is 11.8 Å². The molecule has 0 aromatic heterocycles. The molecule has 0 heterocycles. The molecule has 0 saturated carbocycles. The molecule has 0 spiro atoms. The lowest BCUT2D eigenvalue weighted by molar-refractivity contribution is -0.144. The molecule has 4 nitrogen and oxygen atoms in total. The minimum Gasteiger partial charge on any atom is -0.480 e. The van der Waals surface area contributed by atoms with Crippen molar-refractivity contribution in [2.24, 2.45) is 11.8 Å². The SMILES string of the molecule is CCC(C)C(NC(=O)C1Cc2ccccc2C1)C(=O)O. The zero-order valence-electron chi connectivity index (χ0n) is 11.9. The Morgan fingerprint density at radius 3 is 2.30 bits per heavy atom. The Morgan fingerprint density at radius 2 is 1.85 bits per heavy atom. The lowest BCUT2D eigenvalue weighted by Crippen LogP contribution is -2.47. The van der Waals surface area contributed by atoms with E-state index < -0.39 is 12.0 Å². The summed E-state index contributed by atoms with van der Waals surface area (Å²) >= 11 is 0. The maximum Gasteiger partial charge on any atom is 0.326 e. The first kappa shape index (κ1) is 14.6. The second-order valence-electron chi connectivity index (χ2n) is 5.58. The second kappa shape index (κ2) is 6.07. The van der Waals surface area contributed by atoms with Crippen molar-refractivity contribution in [3.05, 3.63) is 35.4 Å². The minimum absolute atomic E-state index is 0.0692. The van der Waals surface area contributed by atoms with E-state index in [2.05, 4.69) is 5.32 Å². The first-order chi connectivity index (χ1) is 9.52. The van der Waals surface area contributed by atoms with E-state index in [-0.39, 0.29) is 17.7 Å². The fraction of sp³-hybridized carbons (Fsp3) is 0.500. The highest BCUT2D eigenvalue weighted by Crippen LogP contribution is 2.26. The van der Waals surface area contributed by atoms with Gasteiger partial charge in [-0.2, -0.15) is 0 Å². The molecule has 0 bridgehead atoms. The van der Waals surface area contributed by atoms with Gasteiger partial charge in [0, 0.05) is 5.92 Å². The smallest absolute Gasteiger partial charge is 0.326 e. The van der Waals surface area contributed by atoms with Gasteiger partial charge in [0.05, 0.1) is 0 Å². The predicted molar refractivity (Wildman–Crippen MR) is 76.4 cm³/mol. The molecule has 20 heavy (non-hydrogen) atoms. The van der Waals surface area contributed by atoms with Crippen molar-refractivity contribution in [1.29, 1.82) is 0 Å². The Morgan fingerprint density at radius 1 is 1.30 bits per heavy atom. The molecule has 2 unspecified atom stereocenters. The number of hydrogen-bond acceptors (Lipinski definition) is 2. The third kappa shape index (κ3) is 3.00. The molecule has 0 fully saturated rings. The molecular formula is C16H21NO3. The standard InChI is InChI=1S/C16H21NO3/c1-3-10(2)14(16(19)20)17-15(18)13-8-11-6-4-5-7-12(11)9-13/h4-7,10,13-14H,3,8-9H2,1-2H3,(H,17,18)(H,19,20). The van der Waals surface area contributed by atoms with Crippen LogP contribution in [0.15, 0.2) is 24.3 Å². The highest BCUT2D eigenvalue weighted by Gasteiger charge is 2.31. The molecule has 1 aromatic rings. The van der Waals surface area contributed by atoms with E-state index in [1.54, 1.807) is 0 Å². The quantitative estimate of drug-likeness (QED) is 0.864. The molecule has 2 rings (SSSR count). The number of nitrogens with one attached hydrogen (secondary N) is 1. The van der Waals surface area contributed by atoms with Crippen LogP contribution < -0.4 is 5.32 Å². The van der Waals surface area contributed by atoms with Gasteiger partial charge in [-0.1, -0.05) is 44.5 Å². The lowest BCUT2D eigenvalue weighted by Gasteiger charge is -2.22. The van der Waals surface area contributed by atoms with Gasteiger partial charge in [0.15, 0.2) is 0 Å². The fourth-order valence-corrected chi connectivity index (χ4v) is 2.70. The second-order valence-corrected chi connectivity index (χ2v) is 5.58. The molecule has 0 saturated heterocycles. The van der Waals surface area contributed by atoms with Gasteiger partial charge in [-0.15, -0.1) is 0 Å². The van der Waals surface area contributed by atoms with E-state index in [4.69, 9.17) is 0 Å². The van der Waals surface area contributed by atoms with Crippen molar-refractivity contribution < 1.29 is 14.7 Å². The number of hydrogen-bond donors (Lipinski definition) is 2. The van der Waals surface area contributed by atoms with Crippen LogP contribution in [-0.4, -0.2) is 23.0 Å². The topological polar surface area (TPSA) is 66.4 Å². The van der Waals surface area contributed by atoms with Gasteiger partial charge in [-0.25, -0.2) is 4.79 Å². The van der Waals surface area contributed by atoms with Gasteiger partial charge in [-0.05, 0) is 29.9 Å². The Kier molecular flexibility index (Phi) is 4.42. The van der Waals surface area contributed by atoms with Crippen LogP contribution in [0.3, 0.4) is 0 Å². The first-order valence-corrected chi connectivity index (χ1v) is 7.12. The van der Waals surface area contributed by atoms with Crippen LogP contribution in [0.25, 0.3) is 0 Å². The number of rotatable bonds is 5. The van der Waals surface area contributed by atoms with Gasteiger partial charge in [0.25, 0.3) is 0 Å². The van der Waals surface area contributed by atoms with Crippen molar-refractivity contribution in [2.75, 3.05) is 0 Å². The van der Waals surface area contributed by atoms with E-state index in [1.165, 1.54) is 11.1 Å². The van der Waals surface area contributed by atoms with Crippen molar-refractivity contribution >= 4 is 11.9 Å². The van der Waals surface area contributed by atoms with E-state index >= 15 is 0 Å². The molecule has 1 aliphatic rings. The normalized spacial score (nSPS) is 17.3. The molecule has 0 aliphatic heterocycles. The maximum atomic E-state index is 12.3. The lowest BCUT2D eigenvalue weighted by atomic mass is 9.97. The largest absolute Gasteiger partial charge is 0.480 e. The summed E-state index contributed by atoms with van der Waals surface area (Å²) in [7, 11) is 0. The molecule has 1 aliphatic carbocycles. The molecule has 1 amide bonds. The molecule has 0 radical (unpaired) electrons. The molecule has 108 valence electrons. The van der Waals surface area contributed by atoms with Crippen LogP contribution in [0.5, 0.6) is 0 Å². The number of carbonyl (C=O) groups is 2. The molecule has 1 aromatic carbocycles. The van der Waals surface area contributed by atoms with Crippen LogP contribution in [0.4, 0.5) is 0 Å². The maximum absolute atomic E-state index is 12.3. The van der Waals surface area contributed by atoms with Crippen molar-refractivity contribution in [1.82, 2.24) is 5.32 Å². The Labute approximate surface area is 119 Å². The van der Waals surface area contributed by atoms with Gasteiger partial charge in [-0.3, -0.25) is 4.79 Å². The number of carbonyl (C=O) groups excluding carboxylic acids is 1. The minimum atomic E-state index is -0.955. The highest BCUT2D eigenvalue weighted by molar-refractivity contribution is 5.86. The summed E-state index contributed by atoms with van der Waals surface area (Å²) < 4.78 is 0. The Hall–Kier alpha value is -1.84. The van der Waals surface area contributed by atoms with Crippen molar-refractivity contribution in [2.45, 2.75) is 39.2 Å². The number of carboxylic acid groups (broad SMARTS) is 1. The Balaban J connectivity index is 2.01. The zero-order chi connectivity index (χ0) is 14.7. The van der Waals surface area contributed by atoms with Crippen LogP contribution in [0.1, 0.15) is 31.4 Å². The monoisotopic (exact) mass is 275 g/mol. The molecule has 2 atom stereocenters. The van der Waals surface area contributed by atoms with Crippen LogP contribution in [0.2, 0.25) is 0 Å². The van der Waals surface area contributed by atoms with Gasteiger partial charge in [0.1, 0.15) is 6.04 Å². The van der Waals surface area contributed by atoms with Gasteiger partial charge < -0.3 is 10.4 Å².